The fourth-order valence-corrected chi connectivity index (χ4v) is 2.24. The first-order valence-corrected chi connectivity index (χ1v) is 6.99. The summed E-state index contributed by atoms with van der Waals surface area (Å²) in [6.07, 6.45) is -3.13. The van der Waals surface area contributed by atoms with Crippen LogP contribution < -0.4 is 10.6 Å². The van der Waals surface area contributed by atoms with E-state index in [1.54, 1.807) is 0 Å². The van der Waals surface area contributed by atoms with Gasteiger partial charge in [0.15, 0.2) is 0 Å². The highest BCUT2D eigenvalue weighted by molar-refractivity contribution is 9.10. The van der Waals surface area contributed by atoms with Crippen LogP contribution in [0.3, 0.4) is 0 Å². The van der Waals surface area contributed by atoms with Crippen molar-refractivity contribution in [1.82, 2.24) is 4.98 Å². The number of anilines is 2. The Balaban J connectivity index is 2.12. The summed E-state index contributed by atoms with van der Waals surface area (Å²) in [7, 11) is 0. The molecule has 1 heterocycles. The topological polar surface area (TPSA) is 54.0 Å². The molecule has 2 aromatic rings. The van der Waals surface area contributed by atoms with Gasteiger partial charge in [-0.3, -0.25) is 0 Å². The highest BCUT2D eigenvalue weighted by atomic mass is 79.9. The van der Waals surface area contributed by atoms with Crippen molar-refractivity contribution in [3.05, 3.63) is 51.7 Å². The van der Waals surface area contributed by atoms with Gasteiger partial charge in [-0.15, -0.1) is 0 Å². The molecule has 0 spiro atoms. The van der Waals surface area contributed by atoms with Crippen LogP contribution in [0.15, 0.2) is 41.0 Å². The molecule has 0 saturated carbocycles. The Bertz CT molecular complexity index is 709. The van der Waals surface area contributed by atoms with Gasteiger partial charge in [0.05, 0.1) is 5.56 Å². The van der Waals surface area contributed by atoms with Gasteiger partial charge < -0.3 is 10.6 Å². The zero-order valence-corrected chi connectivity index (χ0v) is 13.1. The van der Waals surface area contributed by atoms with Crippen LogP contribution in [0.4, 0.5) is 29.3 Å². The first-order chi connectivity index (χ1) is 10.3. The van der Waals surface area contributed by atoms with Gasteiger partial charge in [0.1, 0.15) is 5.15 Å². The maximum Gasteiger partial charge on any atom is 0.417 e. The number of pyridine rings is 1. The molecule has 0 aliphatic heterocycles. The summed E-state index contributed by atoms with van der Waals surface area (Å²) in [6.45, 7) is 0. The van der Waals surface area contributed by atoms with E-state index in [1.807, 2.05) is 0 Å². The van der Waals surface area contributed by atoms with Crippen LogP contribution in [-0.2, 0) is 6.18 Å². The summed E-state index contributed by atoms with van der Waals surface area (Å²) in [5.41, 5.74) is -0.504. The lowest BCUT2D eigenvalue weighted by Crippen LogP contribution is -2.20. The molecular formula is C13H8BrClF3N3O. The maximum atomic E-state index is 12.8. The second-order valence-corrected chi connectivity index (χ2v) is 5.38. The predicted molar refractivity (Wildman–Crippen MR) is 81.0 cm³/mol. The highest BCUT2D eigenvalue weighted by Gasteiger charge is 2.33. The van der Waals surface area contributed by atoms with Crippen molar-refractivity contribution in [2.24, 2.45) is 0 Å². The van der Waals surface area contributed by atoms with Crippen molar-refractivity contribution in [1.29, 1.82) is 0 Å². The number of hydrogen-bond donors (Lipinski definition) is 2. The van der Waals surface area contributed by atoms with E-state index in [9.17, 15) is 18.0 Å². The molecule has 0 radical (unpaired) electrons. The Labute approximate surface area is 136 Å². The Kier molecular flexibility index (Phi) is 4.92. The van der Waals surface area contributed by atoms with E-state index in [1.165, 1.54) is 30.5 Å². The number of aromatic nitrogens is 1. The van der Waals surface area contributed by atoms with Crippen molar-refractivity contribution in [3.8, 4) is 0 Å². The lowest BCUT2D eigenvalue weighted by atomic mass is 10.2. The number of alkyl halides is 3. The zero-order valence-electron chi connectivity index (χ0n) is 10.7. The molecule has 0 atom stereocenters. The monoisotopic (exact) mass is 393 g/mol. The number of amides is 2. The van der Waals surface area contributed by atoms with E-state index in [0.29, 0.717) is 5.69 Å². The van der Waals surface area contributed by atoms with Crippen molar-refractivity contribution >= 4 is 44.9 Å². The number of urea groups is 1. The molecule has 22 heavy (non-hydrogen) atoms. The summed E-state index contributed by atoms with van der Waals surface area (Å²) in [5, 5.41) is 4.93. The predicted octanol–water partition coefficient (Wildman–Crippen LogP) is 5.16. The second kappa shape index (κ2) is 6.53. The second-order valence-electron chi connectivity index (χ2n) is 4.14. The Morgan fingerprint density at radius 2 is 1.77 bits per heavy atom. The van der Waals surface area contributed by atoms with Gasteiger partial charge in [-0.2, -0.15) is 13.2 Å². The SMILES string of the molecule is O=C(Nc1ccnc(Cl)c1)Nc1ccc(Br)c(C(F)(F)F)c1. The molecule has 0 aliphatic rings. The maximum absolute atomic E-state index is 12.8. The summed E-state index contributed by atoms with van der Waals surface area (Å²) < 4.78 is 38.2. The molecule has 0 saturated heterocycles. The number of nitrogens with zero attached hydrogens (tertiary/aromatic N) is 1. The van der Waals surface area contributed by atoms with E-state index in [2.05, 4.69) is 31.5 Å². The molecule has 1 aromatic carbocycles. The van der Waals surface area contributed by atoms with Gasteiger partial charge in [0, 0.05) is 22.0 Å². The molecule has 0 unspecified atom stereocenters. The Morgan fingerprint density at radius 1 is 1.14 bits per heavy atom. The van der Waals surface area contributed by atoms with Gasteiger partial charge in [-0.05, 0) is 30.3 Å². The third-order valence-corrected chi connectivity index (χ3v) is 3.41. The highest BCUT2D eigenvalue weighted by Crippen LogP contribution is 2.36. The molecule has 0 aliphatic carbocycles. The molecule has 4 nitrogen and oxygen atoms in total. The number of benzene rings is 1. The molecular weight excluding hydrogens is 387 g/mol. The number of rotatable bonds is 2. The lowest BCUT2D eigenvalue weighted by Gasteiger charge is -2.12. The molecule has 2 rings (SSSR count). The third-order valence-electron chi connectivity index (χ3n) is 2.51. The van der Waals surface area contributed by atoms with Crippen LogP contribution in [0.5, 0.6) is 0 Å². The van der Waals surface area contributed by atoms with E-state index in [-0.39, 0.29) is 15.3 Å². The van der Waals surface area contributed by atoms with Gasteiger partial charge in [0.2, 0.25) is 0 Å². The molecule has 1 aromatic heterocycles. The van der Waals surface area contributed by atoms with Gasteiger partial charge in [-0.25, -0.2) is 9.78 Å². The third kappa shape index (κ3) is 4.35. The van der Waals surface area contributed by atoms with Crippen LogP contribution in [0, 0.1) is 0 Å². The minimum Gasteiger partial charge on any atom is -0.308 e. The van der Waals surface area contributed by atoms with Crippen LogP contribution in [0.25, 0.3) is 0 Å². The standard InChI is InChI=1S/C13H8BrClF3N3O/c14-10-2-1-7(5-9(10)13(16,17)18)20-12(22)21-8-3-4-19-11(15)6-8/h1-6H,(H2,19,20,21,22). The average molecular weight is 395 g/mol. The number of halogens is 5. The van der Waals surface area contributed by atoms with Gasteiger partial charge in [-0.1, -0.05) is 27.5 Å². The number of carbonyl (C=O) groups is 1. The summed E-state index contributed by atoms with van der Waals surface area (Å²) in [6, 6.07) is 5.60. The van der Waals surface area contributed by atoms with E-state index < -0.39 is 17.8 Å². The quantitative estimate of drug-likeness (QED) is 0.691. The van der Waals surface area contributed by atoms with Crippen LogP contribution in [0.1, 0.15) is 5.56 Å². The van der Waals surface area contributed by atoms with E-state index >= 15 is 0 Å². The molecule has 0 fully saturated rings. The number of hydrogen-bond acceptors (Lipinski definition) is 2. The molecule has 116 valence electrons. The van der Waals surface area contributed by atoms with Crippen LogP contribution in [-0.4, -0.2) is 11.0 Å². The van der Waals surface area contributed by atoms with Crippen LogP contribution >= 0.6 is 27.5 Å². The van der Waals surface area contributed by atoms with Gasteiger partial charge in [0.25, 0.3) is 0 Å². The summed E-state index contributed by atoms with van der Waals surface area (Å²) in [4.78, 5) is 15.5. The average Bonchev–Trinajstić information content (AvgIpc) is 2.39. The fourth-order valence-electron chi connectivity index (χ4n) is 1.59. The Hall–Kier alpha value is -1.80. The molecule has 9 heteroatoms. The first-order valence-electron chi connectivity index (χ1n) is 5.82. The van der Waals surface area contributed by atoms with Crippen molar-refractivity contribution in [2.75, 3.05) is 10.6 Å². The Morgan fingerprint density at radius 3 is 2.36 bits per heavy atom. The molecule has 0 bridgehead atoms. The normalized spacial score (nSPS) is 11.1. The lowest BCUT2D eigenvalue weighted by molar-refractivity contribution is -0.138. The number of nitrogens with one attached hydrogen (secondary N) is 2. The minimum atomic E-state index is -4.52. The summed E-state index contributed by atoms with van der Waals surface area (Å²) in [5.74, 6) is 0. The molecule has 2 amide bonds. The van der Waals surface area contributed by atoms with Crippen molar-refractivity contribution < 1.29 is 18.0 Å². The smallest absolute Gasteiger partial charge is 0.308 e. The fraction of sp³-hybridized carbons (Fsp3) is 0.0769. The van der Waals surface area contributed by atoms with Crippen molar-refractivity contribution in [2.45, 2.75) is 6.18 Å². The summed E-state index contributed by atoms with van der Waals surface area (Å²) >= 11 is 8.49. The molecule has 2 N–H and O–H groups in total. The van der Waals surface area contributed by atoms with E-state index in [0.717, 1.165) is 6.07 Å². The first kappa shape index (κ1) is 16.6. The minimum absolute atomic E-state index is 0.00757. The zero-order chi connectivity index (χ0) is 16.3. The van der Waals surface area contributed by atoms with Gasteiger partial charge >= 0.3 is 12.2 Å². The largest absolute Gasteiger partial charge is 0.417 e. The number of carbonyl (C=O) groups excluding carboxylic acids is 1. The van der Waals surface area contributed by atoms with Crippen LogP contribution in [0.2, 0.25) is 5.15 Å². The van der Waals surface area contributed by atoms with E-state index in [4.69, 9.17) is 11.6 Å². The van der Waals surface area contributed by atoms with Crippen molar-refractivity contribution in [3.63, 3.8) is 0 Å².